The van der Waals surface area contributed by atoms with Gasteiger partial charge in [-0.15, -0.1) is 0 Å². The van der Waals surface area contributed by atoms with Gasteiger partial charge in [0.15, 0.2) is 17.5 Å². The smallest absolute Gasteiger partial charge is 0.188 e. The summed E-state index contributed by atoms with van der Waals surface area (Å²) in [4.78, 5) is 4.09. The highest BCUT2D eigenvalue weighted by molar-refractivity contribution is 5.77. The molecule has 0 unspecified atom stereocenters. The summed E-state index contributed by atoms with van der Waals surface area (Å²) in [5.74, 6) is -0.985. The van der Waals surface area contributed by atoms with Crippen LogP contribution in [0.3, 0.4) is 0 Å². The SMILES string of the molecule is CCCCN=C(N)NCCOc1ccc(F)cc1F. The Hall–Kier alpha value is -1.85. The van der Waals surface area contributed by atoms with Crippen LogP contribution in [-0.4, -0.2) is 25.7 Å². The van der Waals surface area contributed by atoms with E-state index in [9.17, 15) is 8.78 Å². The lowest BCUT2D eigenvalue weighted by Gasteiger charge is -2.08. The van der Waals surface area contributed by atoms with Crippen LogP contribution in [0.15, 0.2) is 23.2 Å². The van der Waals surface area contributed by atoms with Crippen molar-refractivity contribution in [3.8, 4) is 5.75 Å². The van der Waals surface area contributed by atoms with Gasteiger partial charge in [0.05, 0.1) is 6.54 Å². The monoisotopic (exact) mass is 271 g/mol. The molecule has 1 rings (SSSR count). The van der Waals surface area contributed by atoms with Gasteiger partial charge in [-0.1, -0.05) is 13.3 Å². The van der Waals surface area contributed by atoms with E-state index in [1.54, 1.807) is 0 Å². The molecule has 0 aliphatic rings. The van der Waals surface area contributed by atoms with Crippen molar-refractivity contribution >= 4 is 5.96 Å². The fraction of sp³-hybridized carbons (Fsp3) is 0.462. The molecule has 3 N–H and O–H groups in total. The molecule has 6 heteroatoms. The maximum absolute atomic E-state index is 13.2. The first-order valence-electron chi connectivity index (χ1n) is 6.25. The molecule has 0 amide bonds. The van der Waals surface area contributed by atoms with Gasteiger partial charge in [-0.05, 0) is 18.6 Å². The fourth-order valence-corrected chi connectivity index (χ4v) is 1.35. The van der Waals surface area contributed by atoms with E-state index in [-0.39, 0.29) is 12.4 Å². The van der Waals surface area contributed by atoms with Gasteiger partial charge in [0.1, 0.15) is 12.4 Å². The number of nitrogens with zero attached hydrogens (tertiary/aromatic N) is 1. The zero-order valence-corrected chi connectivity index (χ0v) is 11.0. The molecular formula is C13H19F2N3O. The number of guanidine groups is 1. The molecule has 0 atom stereocenters. The second kappa shape index (κ2) is 8.29. The highest BCUT2D eigenvalue weighted by atomic mass is 19.1. The van der Waals surface area contributed by atoms with Crippen LogP contribution in [-0.2, 0) is 0 Å². The van der Waals surface area contributed by atoms with Crippen LogP contribution < -0.4 is 15.8 Å². The quantitative estimate of drug-likeness (QED) is 0.453. The number of nitrogens with two attached hydrogens (primary N) is 1. The van der Waals surface area contributed by atoms with Crippen molar-refractivity contribution in [2.75, 3.05) is 19.7 Å². The maximum Gasteiger partial charge on any atom is 0.188 e. The summed E-state index contributed by atoms with van der Waals surface area (Å²) in [5.41, 5.74) is 5.60. The Morgan fingerprint density at radius 3 is 2.89 bits per heavy atom. The molecule has 0 saturated carbocycles. The molecule has 4 nitrogen and oxygen atoms in total. The predicted molar refractivity (Wildman–Crippen MR) is 71.3 cm³/mol. The molecule has 1 aromatic carbocycles. The van der Waals surface area contributed by atoms with Crippen molar-refractivity contribution in [2.24, 2.45) is 10.7 Å². The first-order valence-corrected chi connectivity index (χ1v) is 6.25. The summed E-state index contributed by atoms with van der Waals surface area (Å²) < 4.78 is 31.0. The number of hydrogen-bond acceptors (Lipinski definition) is 2. The number of rotatable bonds is 7. The van der Waals surface area contributed by atoms with Crippen molar-refractivity contribution in [1.29, 1.82) is 0 Å². The van der Waals surface area contributed by atoms with E-state index < -0.39 is 11.6 Å². The van der Waals surface area contributed by atoms with Gasteiger partial charge in [0, 0.05) is 12.6 Å². The molecule has 1 aromatic rings. The fourth-order valence-electron chi connectivity index (χ4n) is 1.35. The van der Waals surface area contributed by atoms with Crippen LogP contribution in [0.5, 0.6) is 5.75 Å². The predicted octanol–water partition coefficient (Wildman–Crippen LogP) is 2.05. The van der Waals surface area contributed by atoms with Gasteiger partial charge in [-0.3, -0.25) is 4.99 Å². The highest BCUT2D eigenvalue weighted by Crippen LogP contribution is 2.17. The van der Waals surface area contributed by atoms with Gasteiger partial charge < -0.3 is 15.8 Å². The molecule has 0 bridgehead atoms. The normalized spacial score (nSPS) is 11.4. The molecule has 0 aliphatic heterocycles. The maximum atomic E-state index is 13.2. The molecule has 0 spiro atoms. The average molecular weight is 271 g/mol. The van der Waals surface area contributed by atoms with Crippen LogP contribution in [0, 0.1) is 11.6 Å². The average Bonchev–Trinajstić information content (AvgIpc) is 2.37. The topological polar surface area (TPSA) is 59.6 Å². The third-order valence-corrected chi connectivity index (χ3v) is 2.35. The molecule has 0 aliphatic carbocycles. The molecule has 0 saturated heterocycles. The first kappa shape index (κ1) is 15.2. The number of ether oxygens (including phenoxy) is 1. The summed E-state index contributed by atoms with van der Waals surface area (Å²) in [6.45, 7) is 3.37. The minimum absolute atomic E-state index is 0.0182. The zero-order valence-electron chi connectivity index (χ0n) is 11.0. The second-order valence-corrected chi connectivity index (χ2v) is 3.97. The van der Waals surface area contributed by atoms with Gasteiger partial charge in [-0.2, -0.15) is 0 Å². The summed E-state index contributed by atoms with van der Waals surface area (Å²) in [7, 11) is 0. The number of hydrogen-bond donors (Lipinski definition) is 2. The van der Waals surface area contributed by atoms with E-state index in [0.717, 1.165) is 25.0 Å². The van der Waals surface area contributed by atoms with E-state index >= 15 is 0 Å². The van der Waals surface area contributed by atoms with E-state index in [4.69, 9.17) is 10.5 Å². The van der Waals surface area contributed by atoms with Crippen LogP contribution >= 0.6 is 0 Å². The van der Waals surface area contributed by atoms with Gasteiger partial charge in [0.25, 0.3) is 0 Å². The van der Waals surface area contributed by atoms with Gasteiger partial charge in [-0.25, -0.2) is 8.78 Å². The first-order chi connectivity index (χ1) is 9.13. The number of benzene rings is 1. The van der Waals surface area contributed by atoms with E-state index in [0.29, 0.717) is 19.0 Å². The molecule has 0 aromatic heterocycles. The summed E-state index contributed by atoms with van der Waals surface area (Å²) in [6.07, 6.45) is 2.05. The van der Waals surface area contributed by atoms with E-state index in [2.05, 4.69) is 17.2 Å². The van der Waals surface area contributed by atoms with Crippen molar-refractivity contribution in [1.82, 2.24) is 5.32 Å². The Balaban J connectivity index is 2.25. The number of halogens is 2. The van der Waals surface area contributed by atoms with Gasteiger partial charge in [0.2, 0.25) is 0 Å². The Morgan fingerprint density at radius 1 is 1.42 bits per heavy atom. The number of unbranched alkanes of at least 4 members (excludes halogenated alkanes) is 1. The summed E-state index contributed by atoms with van der Waals surface area (Å²) >= 11 is 0. The molecule has 0 heterocycles. The Kier molecular flexibility index (Phi) is 6.63. The lowest BCUT2D eigenvalue weighted by atomic mass is 10.3. The third-order valence-electron chi connectivity index (χ3n) is 2.35. The van der Waals surface area contributed by atoms with Crippen molar-refractivity contribution in [3.05, 3.63) is 29.8 Å². The Bertz CT molecular complexity index is 424. The third kappa shape index (κ3) is 6.03. The molecule has 0 fully saturated rings. The number of nitrogens with one attached hydrogen (secondary N) is 1. The largest absolute Gasteiger partial charge is 0.489 e. The van der Waals surface area contributed by atoms with E-state index in [1.165, 1.54) is 6.07 Å². The van der Waals surface area contributed by atoms with E-state index in [1.807, 2.05) is 0 Å². The Morgan fingerprint density at radius 2 is 2.21 bits per heavy atom. The minimum Gasteiger partial charge on any atom is -0.489 e. The van der Waals surface area contributed by atoms with Crippen LogP contribution in [0.1, 0.15) is 19.8 Å². The second-order valence-electron chi connectivity index (χ2n) is 3.97. The summed E-state index contributed by atoms with van der Waals surface area (Å²) in [5, 5.41) is 2.85. The summed E-state index contributed by atoms with van der Waals surface area (Å²) in [6, 6.07) is 3.18. The zero-order chi connectivity index (χ0) is 14.1. The molecule has 19 heavy (non-hydrogen) atoms. The van der Waals surface area contributed by atoms with Crippen LogP contribution in [0.25, 0.3) is 0 Å². The lowest BCUT2D eigenvalue weighted by molar-refractivity contribution is 0.305. The van der Waals surface area contributed by atoms with Crippen molar-refractivity contribution in [2.45, 2.75) is 19.8 Å². The van der Waals surface area contributed by atoms with Crippen LogP contribution in [0.2, 0.25) is 0 Å². The molecule has 106 valence electrons. The molecular weight excluding hydrogens is 252 g/mol. The van der Waals surface area contributed by atoms with Gasteiger partial charge >= 0.3 is 0 Å². The Labute approximate surface area is 111 Å². The van der Waals surface area contributed by atoms with Crippen molar-refractivity contribution in [3.63, 3.8) is 0 Å². The van der Waals surface area contributed by atoms with Crippen molar-refractivity contribution < 1.29 is 13.5 Å². The minimum atomic E-state index is -0.718. The lowest BCUT2D eigenvalue weighted by Crippen LogP contribution is -2.34. The standard InChI is InChI=1S/C13H19F2N3O/c1-2-3-6-17-13(16)18-7-8-19-12-5-4-10(14)9-11(12)15/h4-5,9H,2-3,6-8H2,1H3,(H3,16,17,18). The van der Waals surface area contributed by atoms with Crippen LogP contribution in [0.4, 0.5) is 8.78 Å². The number of aliphatic imine (C=N–C) groups is 1. The molecule has 0 radical (unpaired) electrons. The highest BCUT2D eigenvalue weighted by Gasteiger charge is 2.04.